The lowest BCUT2D eigenvalue weighted by Crippen LogP contribution is -2.22. The van der Waals surface area contributed by atoms with E-state index in [4.69, 9.17) is 0 Å². The molecule has 5 nitrogen and oxygen atoms in total. The third-order valence-electron chi connectivity index (χ3n) is 4.12. The summed E-state index contributed by atoms with van der Waals surface area (Å²) in [5.74, 6) is -0.331. The monoisotopic (exact) mass is 380 g/mol. The van der Waals surface area contributed by atoms with Crippen molar-refractivity contribution in [1.82, 2.24) is 4.31 Å². The Morgan fingerprint density at radius 1 is 0.963 bits per heavy atom. The summed E-state index contributed by atoms with van der Waals surface area (Å²) in [5.41, 5.74) is 1.36. The molecule has 0 aromatic heterocycles. The van der Waals surface area contributed by atoms with E-state index in [0.717, 1.165) is 20.6 Å². The van der Waals surface area contributed by atoms with Gasteiger partial charge in [0.15, 0.2) is 0 Å². The third-order valence-corrected chi connectivity index (χ3v) is 5.93. The number of hydrogen-bond acceptors (Lipinski definition) is 3. The summed E-state index contributed by atoms with van der Waals surface area (Å²) in [4.78, 5) is 12.4. The van der Waals surface area contributed by atoms with Gasteiger partial charge in [-0.1, -0.05) is 48.5 Å². The maximum Gasteiger partial charge on any atom is 0.248 e. The molecule has 0 unspecified atom stereocenters. The largest absolute Gasteiger partial charge is 0.322 e. The Morgan fingerprint density at radius 3 is 2.44 bits per heavy atom. The number of nitrogens with zero attached hydrogens (tertiary/aromatic N) is 1. The first-order valence-electron chi connectivity index (χ1n) is 8.37. The van der Waals surface area contributed by atoms with Crippen molar-refractivity contribution in [1.29, 1.82) is 0 Å². The van der Waals surface area contributed by atoms with Crippen molar-refractivity contribution in [2.24, 2.45) is 0 Å². The third kappa shape index (κ3) is 4.24. The molecule has 0 aliphatic rings. The van der Waals surface area contributed by atoms with E-state index in [-0.39, 0.29) is 10.8 Å². The van der Waals surface area contributed by atoms with Crippen LogP contribution in [-0.4, -0.2) is 32.7 Å². The molecule has 0 saturated heterocycles. The van der Waals surface area contributed by atoms with Crippen LogP contribution in [-0.2, 0) is 14.8 Å². The summed E-state index contributed by atoms with van der Waals surface area (Å²) >= 11 is 0. The van der Waals surface area contributed by atoms with Crippen molar-refractivity contribution in [2.45, 2.75) is 4.90 Å². The molecular formula is C21H20N2O3S. The Labute approximate surface area is 159 Å². The second-order valence-corrected chi connectivity index (χ2v) is 8.36. The zero-order valence-electron chi connectivity index (χ0n) is 15.1. The summed E-state index contributed by atoms with van der Waals surface area (Å²) < 4.78 is 25.5. The van der Waals surface area contributed by atoms with E-state index in [1.54, 1.807) is 18.2 Å². The van der Waals surface area contributed by atoms with Gasteiger partial charge in [-0.25, -0.2) is 12.7 Å². The second-order valence-electron chi connectivity index (χ2n) is 6.21. The minimum Gasteiger partial charge on any atom is -0.322 e. The number of amides is 1. The van der Waals surface area contributed by atoms with Crippen LogP contribution in [0.1, 0.15) is 5.56 Å². The Kier molecular flexibility index (Phi) is 5.39. The fraction of sp³-hybridized carbons (Fsp3) is 0.0952. The highest BCUT2D eigenvalue weighted by atomic mass is 32.2. The van der Waals surface area contributed by atoms with Gasteiger partial charge in [0.25, 0.3) is 0 Å². The first-order valence-corrected chi connectivity index (χ1v) is 9.81. The highest BCUT2D eigenvalue weighted by Gasteiger charge is 2.17. The average molecular weight is 380 g/mol. The number of nitrogens with one attached hydrogen (secondary N) is 1. The van der Waals surface area contributed by atoms with Crippen LogP contribution in [0.3, 0.4) is 0 Å². The fourth-order valence-corrected chi connectivity index (χ4v) is 3.64. The zero-order chi connectivity index (χ0) is 19.4. The molecular weight excluding hydrogens is 360 g/mol. The molecule has 0 spiro atoms. The maximum absolute atomic E-state index is 12.3. The molecule has 1 amide bonds. The van der Waals surface area contributed by atoms with Gasteiger partial charge in [0.05, 0.1) is 4.90 Å². The first kappa shape index (κ1) is 18.8. The molecule has 3 aromatic rings. The standard InChI is InChI=1S/C21H20N2O3S/c1-23(2)27(25,26)19-11-6-10-18(15-19)22-21(24)14-13-17-9-5-8-16-7-3-4-12-20(16)17/h3-15H,1-2H3,(H,22,24)/b14-13+. The minimum absolute atomic E-state index is 0.128. The number of carbonyl (C=O) groups is 1. The molecule has 0 radical (unpaired) electrons. The highest BCUT2D eigenvalue weighted by Crippen LogP contribution is 2.20. The lowest BCUT2D eigenvalue weighted by Gasteiger charge is -2.12. The predicted octanol–water partition coefficient (Wildman–Crippen LogP) is 3.74. The summed E-state index contributed by atoms with van der Waals surface area (Å²) in [7, 11) is -0.619. The molecule has 27 heavy (non-hydrogen) atoms. The SMILES string of the molecule is CN(C)S(=O)(=O)c1cccc(NC(=O)/C=C/c2cccc3ccccc23)c1. The second kappa shape index (κ2) is 7.73. The molecule has 0 atom stereocenters. The zero-order valence-corrected chi connectivity index (χ0v) is 15.9. The van der Waals surface area contributed by atoms with Crippen molar-refractivity contribution < 1.29 is 13.2 Å². The maximum atomic E-state index is 12.3. The van der Waals surface area contributed by atoms with Crippen LogP contribution in [0.25, 0.3) is 16.8 Å². The van der Waals surface area contributed by atoms with Gasteiger partial charge < -0.3 is 5.32 Å². The van der Waals surface area contributed by atoms with Crippen molar-refractivity contribution in [3.05, 3.63) is 78.4 Å². The molecule has 0 aliphatic heterocycles. The molecule has 3 aromatic carbocycles. The van der Waals surface area contributed by atoms with Gasteiger partial charge in [0, 0.05) is 25.9 Å². The highest BCUT2D eigenvalue weighted by molar-refractivity contribution is 7.89. The summed E-state index contributed by atoms with van der Waals surface area (Å²) in [6.07, 6.45) is 3.19. The summed E-state index contributed by atoms with van der Waals surface area (Å²) in [6, 6.07) is 20.0. The van der Waals surface area contributed by atoms with Gasteiger partial charge in [0.2, 0.25) is 15.9 Å². The Balaban J connectivity index is 1.79. The minimum atomic E-state index is -3.55. The Bertz CT molecular complexity index is 1110. The van der Waals surface area contributed by atoms with E-state index >= 15 is 0 Å². The molecule has 0 heterocycles. The quantitative estimate of drug-likeness (QED) is 0.686. The van der Waals surface area contributed by atoms with Crippen LogP contribution in [0.15, 0.2) is 77.7 Å². The van der Waals surface area contributed by atoms with Crippen LogP contribution in [0.2, 0.25) is 0 Å². The molecule has 0 fully saturated rings. The van der Waals surface area contributed by atoms with Gasteiger partial charge in [-0.15, -0.1) is 0 Å². The molecule has 0 aliphatic carbocycles. The first-order chi connectivity index (χ1) is 12.9. The molecule has 1 N–H and O–H groups in total. The van der Waals surface area contributed by atoms with Crippen molar-refractivity contribution in [2.75, 3.05) is 19.4 Å². The number of sulfonamides is 1. The average Bonchev–Trinajstić information content (AvgIpc) is 2.66. The number of rotatable bonds is 5. The lowest BCUT2D eigenvalue weighted by molar-refractivity contribution is -0.111. The number of hydrogen-bond donors (Lipinski definition) is 1. The summed E-state index contributed by atoms with van der Waals surface area (Å²) in [6.45, 7) is 0. The van der Waals surface area contributed by atoms with Gasteiger partial charge in [-0.2, -0.15) is 0 Å². The topological polar surface area (TPSA) is 66.5 Å². The van der Waals surface area contributed by atoms with Gasteiger partial charge in [0.1, 0.15) is 0 Å². The van der Waals surface area contributed by atoms with E-state index in [9.17, 15) is 13.2 Å². The van der Waals surface area contributed by atoms with Gasteiger partial charge in [-0.3, -0.25) is 4.79 Å². The molecule has 0 bridgehead atoms. The van der Waals surface area contributed by atoms with E-state index in [0.29, 0.717) is 5.69 Å². The van der Waals surface area contributed by atoms with E-state index < -0.39 is 10.0 Å². The summed E-state index contributed by atoms with van der Waals surface area (Å²) in [5, 5.41) is 4.86. The van der Waals surface area contributed by atoms with E-state index in [1.165, 1.54) is 32.3 Å². The number of carbonyl (C=O) groups excluding carboxylic acids is 1. The van der Waals surface area contributed by atoms with Crippen molar-refractivity contribution in [3.8, 4) is 0 Å². The smallest absolute Gasteiger partial charge is 0.248 e. The van der Waals surface area contributed by atoms with E-state index in [2.05, 4.69) is 5.32 Å². The molecule has 6 heteroatoms. The van der Waals surface area contributed by atoms with Gasteiger partial charge in [-0.05, 0) is 40.6 Å². The molecule has 0 saturated carbocycles. The fourth-order valence-electron chi connectivity index (χ4n) is 2.69. The normalized spacial score (nSPS) is 12.0. The lowest BCUT2D eigenvalue weighted by atomic mass is 10.0. The number of benzene rings is 3. The van der Waals surface area contributed by atoms with Crippen molar-refractivity contribution in [3.63, 3.8) is 0 Å². The molecule has 3 rings (SSSR count). The van der Waals surface area contributed by atoms with Gasteiger partial charge >= 0.3 is 0 Å². The predicted molar refractivity (Wildman–Crippen MR) is 109 cm³/mol. The van der Waals surface area contributed by atoms with Crippen LogP contribution >= 0.6 is 0 Å². The Hall–Kier alpha value is -2.96. The number of fused-ring (bicyclic) bond motifs is 1. The van der Waals surface area contributed by atoms with Crippen LogP contribution in [0, 0.1) is 0 Å². The molecule has 138 valence electrons. The van der Waals surface area contributed by atoms with E-state index in [1.807, 2.05) is 42.5 Å². The van der Waals surface area contributed by atoms with Crippen LogP contribution in [0.5, 0.6) is 0 Å². The van der Waals surface area contributed by atoms with Crippen molar-refractivity contribution >= 4 is 38.5 Å². The Morgan fingerprint density at radius 2 is 1.67 bits per heavy atom. The van der Waals surface area contributed by atoms with Crippen LogP contribution in [0.4, 0.5) is 5.69 Å². The number of anilines is 1. The van der Waals surface area contributed by atoms with Crippen LogP contribution < -0.4 is 5.32 Å².